The van der Waals surface area contributed by atoms with Crippen LogP contribution in [0.5, 0.6) is 28.7 Å². The number of carboxylic acid groups (broad SMARTS) is 1. The minimum absolute atomic E-state index is 0.0192. The van der Waals surface area contributed by atoms with E-state index in [1.165, 1.54) is 13.0 Å². The van der Waals surface area contributed by atoms with Crippen LogP contribution in [-0.4, -0.2) is 32.7 Å². The van der Waals surface area contributed by atoms with E-state index in [2.05, 4.69) is 6.58 Å². The third-order valence-electron chi connectivity index (χ3n) is 4.41. The zero-order valence-corrected chi connectivity index (χ0v) is 14.5. The minimum atomic E-state index is -1.43. The number of aromatic hydroxyl groups is 2. The average molecular weight is 372 g/mol. The molecule has 27 heavy (non-hydrogen) atoms. The van der Waals surface area contributed by atoms with Crippen molar-refractivity contribution >= 4 is 18.0 Å². The van der Waals surface area contributed by atoms with Gasteiger partial charge in [-0.3, -0.25) is 4.79 Å². The Hall–Kier alpha value is -3.52. The number of carbonyl (C=O) groups excluding carboxylic acids is 1. The van der Waals surface area contributed by atoms with Crippen molar-refractivity contribution in [3.8, 4) is 28.7 Å². The van der Waals surface area contributed by atoms with Crippen molar-refractivity contribution in [1.29, 1.82) is 0 Å². The fourth-order valence-electron chi connectivity index (χ4n) is 3.12. The molecule has 8 nitrogen and oxygen atoms in total. The number of aryl methyl sites for hydroxylation is 1. The van der Waals surface area contributed by atoms with Gasteiger partial charge >= 0.3 is 5.97 Å². The van der Waals surface area contributed by atoms with Crippen molar-refractivity contribution in [3.63, 3.8) is 0 Å². The number of aromatic carboxylic acids is 1. The average Bonchev–Trinajstić information content (AvgIpc) is 2.72. The second-order valence-electron chi connectivity index (χ2n) is 6.02. The number of rotatable bonds is 3. The summed E-state index contributed by atoms with van der Waals surface area (Å²) in [6, 6.07) is 1.34. The minimum Gasteiger partial charge on any atom is -0.507 e. The maximum absolute atomic E-state index is 11.6. The predicted octanol–water partition coefficient (Wildman–Crippen LogP) is 2.87. The summed E-state index contributed by atoms with van der Waals surface area (Å²) in [7, 11) is 0. The lowest BCUT2D eigenvalue weighted by molar-refractivity contribution is 0.0691. The van der Waals surface area contributed by atoms with Crippen LogP contribution < -0.4 is 9.47 Å². The van der Waals surface area contributed by atoms with E-state index in [1.807, 2.05) is 0 Å². The molecule has 0 fully saturated rings. The van der Waals surface area contributed by atoms with Gasteiger partial charge in [-0.2, -0.15) is 0 Å². The van der Waals surface area contributed by atoms with Gasteiger partial charge in [0, 0.05) is 5.56 Å². The second kappa shape index (κ2) is 6.33. The highest BCUT2D eigenvalue weighted by Crippen LogP contribution is 2.51. The van der Waals surface area contributed by atoms with Crippen molar-refractivity contribution in [2.75, 3.05) is 0 Å². The highest BCUT2D eigenvalue weighted by atomic mass is 16.5. The number of aliphatic hydroxyl groups excluding tert-OH is 1. The maximum Gasteiger partial charge on any atom is 0.339 e. The van der Waals surface area contributed by atoms with Gasteiger partial charge in [-0.25, -0.2) is 4.79 Å². The van der Waals surface area contributed by atoms with Crippen molar-refractivity contribution < 1.29 is 39.5 Å². The molecule has 0 atom stereocenters. The Morgan fingerprint density at radius 3 is 2.41 bits per heavy atom. The number of carboxylic acids is 1. The largest absolute Gasteiger partial charge is 0.507 e. The topological polar surface area (TPSA) is 134 Å². The standard InChI is InChI=1S/C19H16O8/c1-7-4-12(22)10(5-20)17-13(7)9(3)26-18-11(6-21)15(23)14(19(24)25)8(2)16(18)27-17/h4-5,21-23H,3,6H2,1-2H3,(H,24,25). The van der Waals surface area contributed by atoms with Crippen molar-refractivity contribution in [2.24, 2.45) is 0 Å². The smallest absolute Gasteiger partial charge is 0.339 e. The molecular formula is C19H16O8. The van der Waals surface area contributed by atoms with Gasteiger partial charge in [0.1, 0.15) is 22.8 Å². The van der Waals surface area contributed by atoms with Gasteiger partial charge in [0.25, 0.3) is 0 Å². The summed E-state index contributed by atoms with van der Waals surface area (Å²) in [5.74, 6) is -2.65. The summed E-state index contributed by atoms with van der Waals surface area (Å²) >= 11 is 0. The first-order valence-electron chi connectivity index (χ1n) is 7.82. The Morgan fingerprint density at radius 1 is 1.19 bits per heavy atom. The SMILES string of the molecule is C=C1Oc2c(CO)c(O)c(C(=O)O)c(C)c2Oc2c(C=O)c(O)cc(C)c21. The number of phenols is 2. The summed E-state index contributed by atoms with van der Waals surface area (Å²) < 4.78 is 11.5. The Bertz CT molecular complexity index is 1020. The molecule has 2 aromatic carbocycles. The zero-order valence-electron chi connectivity index (χ0n) is 14.5. The Kier molecular flexibility index (Phi) is 4.28. The molecule has 0 saturated heterocycles. The fourth-order valence-corrected chi connectivity index (χ4v) is 3.12. The first kappa shape index (κ1) is 18.3. The molecule has 0 aliphatic carbocycles. The van der Waals surface area contributed by atoms with Crippen molar-refractivity contribution in [1.82, 2.24) is 0 Å². The molecule has 1 aliphatic rings. The van der Waals surface area contributed by atoms with Crippen LogP contribution in [0.25, 0.3) is 5.76 Å². The van der Waals surface area contributed by atoms with E-state index in [0.717, 1.165) is 0 Å². The lowest BCUT2D eigenvalue weighted by Crippen LogP contribution is -2.07. The summed E-state index contributed by atoms with van der Waals surface area (Å²) in [6.45, 7) is 6.09. The van der Waals surface area contributed by atoms with Crippen LogP contribution in [0.3, 0.4) is 0 Å². The van der Waals surface area contributed by atoms with Crippen LogP contribution in [0.15, 0.2) is 12.6 Å². The molecule has 0 aromatic heterocycles. The number of aliphatic hydroxyl groups is 1. The van der Waals surface area contributed by atoms with Crippen LogP contribution in [0.4, 0.5) is 0 Å². The highest BCUT2D eigenvalue weighted by molar-refractivity contribution is 5.96. The number of benzene rings is 2. The van der Waals surface area contributed by atoms with E-state index in [1.54, 1.807) is 6.92 Å². The lowest BCUT2D eigenvalue weighted by atomic mass is 10.0. The summed E-state index contributed by atoms with van der Waals surface area (Å²) in [5.41, 5.74) is -0.0205. The molecular weight excluding hydrogens is 356 g/mol. The van der Waals surface area contributed by atoms with Gasteiger partial charge in [-0.15, -0.1) is 0 Å². The van der Waals surface area contributed by atoms with Gasteiger partial charge < -0.3 is 29.9 Å². The second-order valence-corrected chi connectivity index (χ2v) is 6.02. The number of fused-ring (bicyclic) bond motifs is 2. The highest BCUT2D eigenvalue weighted by Gasteiger charge is 2.33. The number of ether oxygens (including phenoxy) is 2. The molecule has 0 radical (unpaired) electrons. The number of aldehydes is 1. The Morgan fingerprint density at radius 2 is 1.85 bits per heavy atom. The predicted molar refractivity (Wildman–Crippen MR) is 93.7 cm³/mol. The molecule has 4 N–H and O–H groups in total. The fraction of sp³-hybridized carbons (Fsp3) is 0.158. The monoisotopic (exact) mass is 372 g/mol. The van der Waals surface area contributed by atoms with Crippen LogP contribution in [0, 0.1) is 13.8 Å². The molecule has 0 spiro atoms. The molecule has 0 bridgehead atoms. The van der Waals surface area contributed by atoms with E-state index in [0.29, 0.717) is 17.4 Å². The van der Waals surface area contributed by atoms with Crippen LogP contribution >= 0.6 is 0 Å². The van der Waals surface area contributed by atoms with E-state index < -0.39 is 23.9 Å². The molecule has 1 heterocycles. The van der Waals surface area contributed by atoms with Gasteiger partial charge in [0.15, 0.2) is 23.5 Å². The Labute approximate surface area is 153 Å². The van der Waals surface area contributed by atoms with Gasteiger partial charge in [-0.05, 0) is 25.5 Å². The number of carbonyl (C=O) groups is 2. The molecule has 2 aromatic rings. The van der Waals surface area contributed by atoms with Crippen LogP contribution in [0.1, 0.15) is 43.0 Å². The van der Waals surface area contributed by atoms with Gasteiger partial charge in [0.2, 0.25) is 0 Å². The molecule has 1 aliphatic heterocycles. The molecule has 3 rings (SSSR count). The lowest BCUT2D eigenvalue weighted by Gasteiger charge is -2.18. The summed E-state index contributed by atoms with van der Waals surface area (Å²) in [4.78, 5) is 23.1. The molecule has 0 saturated carbocycles. The molecule has 0 amide bonds. The number of hydrogen-bond donors (Lipinski definition) is 4. The summed E-state index contributed by atoms with van der Waals surface area (Å²) in [6.07, 6.45) is 0.396. The Balaban J connectivity index is 2.43. The van der Waals surface area contributed by atoms with Gasteiger partial charge in [-0.1, -0.05) is 6.58 Å². The number of hydrogen-bond acceptors (Lipinski definition) is 7. The van der Waals surface area contributed by atoms with Crippen molar-refractivity contribution in [3.05, 3.63) is 46.0 Å². The van der Waals surface area contributed by atoms with E-state index >= 15 is 0 Å². The number of phenolic OH excluding ortho intramolecular Hbond substituents is 1. The van der Waals surface area contributed by atoms with Gasteiger partial charge in [0.05, 0.1) is 23.3 Å². The van der Waals surface area contributed by atoms with Crippen molar-refractivity contribution in [2.45, 2.75) is 20.5 Å². The normalized spacial score (nSPS) is 12.3. The molecule has 0 unspecified atom stereocenters. The van der Waals surface area contributed by atoms with E-state index in [4.69, 9.17) is 9.47 Å². The third-order valence-corrected chi connectivity index (χ3v) is 4.41. The van der Waals surface area contributed by atoms with Crippen LogP contribution in [-0.2, 0) is 6.61 Å². The third kappa shape index (κ3) is 2.58. The molecule has 8 heteroatoms. The van der Waals surface area contributed by atoms with Crippen LogP contribution in [0.2, 0.25) is 0 Å². The zero-order chi connectivity index (χ0) is 20.0. The first-order chi connectivity index (χ1) is 12.7. The quantitative estimate of drug-likeness (QED) is 0.604. The summed E-state index contributed by atoms with van der Waals surface area (Å²) in [5, 5.41) is 39.4. The van der Waals surface area contributed by atoms with E-state index in [9.17, 15) is 30.0 Å². The maximum atomic E-state index is 11.6. The van der Waals surface area contributed by atoms with E-state index in [-0.39, 0.29) is 45.4 Å². The molecule has 140 valence electrons. The first-order valence-corrected chi connectivity index (χ1v) is 7.82.